The van der Waals surface area contributed by atoms with Crippen LogP contribution in [0.1, 0.15) is 17.0 Å². The molecule has 2 atom stereocenters. The zero-order valence-electron chi connectivity index (χ0n) is 13.4. The molecule has 2 aromatic rings. The molecule has 0 saturated carbocycles. The van der Waals surface area contributed by atoms with Crippen molar-refractivity contribution < 1.29 is 18.4 Å². The Morgan fingerprint density at radius 3 is 3.08 bits per heavy atom. The zero-order chi connectivity index (χ0) is 17.1. The molecule has 0 aromatic carbocycles. The van der Waals surface area contributed by atoms with Gasteiger partial charge in [0.15, 0.2) is 5.82 Å². The maximum absolute atomic E-state index is 13.9. The molecule has 0 radical (unpaired) electrons. The predicted molar refractivity (Wildman–Crippen MR) is 82.7 cm³/mol. The van der Waals surface area contributed by atoms with Crippen LogP contribution in [0, 0.1) is 0 Å². The number of hydrogen-bond acceptors (Lipinski definition) is 7. The Kier molecular flexibility index (Phi) is 4.59. The van der Waals surface area contributed by atoms with Crippen molar-refractivity contribution in [2.45, 2.75) is 18.6 Å². The first-order chi connectivity index (χ1) is 11.6. The van der Waals surface area contributed by atoms with E-state index in [9.17, 15) is 9.18 Å². The Bertz CT molecular complexity index is 695. The van der Waals surface area contributed by atoms with Gasteiger partial charge in [0.1, 0.15) is 6.17 Å². The largest absolute Gasteiger partial charge is 0.479 e. The molecule has 0 aliphatic carbocycles. The highest BCUT2D eigenvalue weighted by Gasteiger charge is 2.35. The number of anilines is 1. The Morgan fingerprint density at radius 1 is 1.58 bits per heavy atom. The van der Waals surface area contributed by atoms with Crippen LogP contribution in [-0.2, 0) is 0 Å². The Labute approximate surface area is 138 Å². The number of carbonyl (C=O) groups is 1. The lowest BCUT2D eigenvalue weighted by Gasteiger charge is -2.28. The minimum Gasteiger partial charge on any atom is -0.479 e. The van der Waals surface area contributed by atoms with Crippen LogP contribution in [0.2, 0.25) is 0 Å². The van der Waals surface area contributed by atoms with E-state index in [2.05, 4.69) is 15.4 Å². The number of amides is 1. The molecule has 128 valence electrons. The van der Waals surface area contributed by atoms with Gasteiger partial charge in [-0.05, 0) is 17.3 Å². The molecule has 0 unspecified atom stereocenters. The van der Waals surface area contributed by atoms with E-state index in [1.54, 1.807) is 25.4 Å². The molecule has 1 saturated heterocycles. The van der Waals surface area contributed by atoms with Crippen molar-refractivity contribution in [2.75, 3.05) is 32.1 Å². The molecule has 8 nitrogen and oxygen atoms in total. The number of ether oxygens (including phenoxy) is 1. The molecule has 3 heterocycles. The van der Waals surface area contributed by atoms with E-state index in [1.165, 1.54) is 18.1 Å². The fourth-order valence-electron chi connectivity index (χ4n) is 2.80. The second kappa shape index (κ2) is 6.81. The summed E-state index contributed by atoms with van der Waals surface area (Å²) in [5.41, 5.74) is 0. The summed E-state index contributed by atoms with van der Waals surface area (Å²) in [5, 5.41) is 11.5. The summed E-state index contributed by atoms with van der Waals surface area (Å²) in [4.78, 5) is 15.7. The van der Waals surface area contributed by atoms with E-state index in [0.717, 1.165) is 0 Å². The van der Waals surface area contributed by atoms with Gasteiger partial charge in [-0.2, -0.15) is 5.10 Å². The van der Waals surface area contributed by atoms with Crippen molar-refractivity contribution in [1.82, 2.24) is 20.3 Å². The molecule has 0 bridgehead atoms. The second-order valence-electron chi connectivity index (χ2n) is 5.64. The van der Waals surface area contributed by atoms with E-state index in [-0.39, 0.29) is 30.1 Å². The number of nitrogens with zero attached hydrogens (tertiary/aromatic N) is 5. The number of rotatable bonds is 5. The van der Waals surface area contributed by atoms with E-state index in [0.29, 0.717) is 18.8 Å². The molecule has 1 aliphatic heterocycles. The molecular formula is C15H18FN5O3. The van der Waals surface area contributed by atoms with Gasteiger partial charge in [0.25, 0.3) is 11.8 Å². The van der Waals surface area contributed by atoms with Crippen molar-refractivity contribution in [3.05, 3.63) is 30.2 Å². The lowest BCUT2D eigenvalue weighted by molar-refractivity contribution is 0.0744. The average Bonchev–Trinajstić information content (AvgIpc) is 3.21. The highest BCUT2D eigenvalue weighted by Crippen LogP contribution is 2.26. The van der Waals surface area contributed by atoms with Crippen molar-refractivity contribution >= 4 is 11.7 Å². The van der Waals surface area contributed by atoms with Gasteiger partial charge in [-0.1, -0.05) is 0 Å². The number of methoxy groups -OCH3 is 1. The van der Waals surface area contributed by atoms with E-state index < -0.39 is 6.17 Å². The Hall–Kier alpha value is -2.71. The molecule has 1 aliphatic rings. The smallest absolute Gasteiger partial charge is 0.292 e. The topological polar surface area (TPSA) is 84.6 Å². The third kappa shape index (κ3) is 3.29. The molecule has 0 N–H and O–H groups in total. The third-order valence-electron chi connectivity index (χ3n) is 3.96. The van der Waals surface area contributed by atoms with Crippen molar-refractivity contribution in [2.24, 2.45) is 0 Å². The van der Waals surface area contributed by atoms with Crippen molar-refractivity contribution in [3.63, 3.8) is 0 Å². The highest BCUT2D eigenvalue weighted by atomic mass is 19.1. The maximum atomic E-state index is 13.9. The minimum atomic E-state index is -0.967. The first kappa shape index (κ1) is 16.2. The summed E-state index contributed by atoms with van der Waals surface area (Å²) in [6.45, 7) is 0.570. The normalized spacial score (nSPS) is 20.2. The summed E-state index contributed by atoms with van der Waals surface area (Å²) in [6.07, 6.45) is 0.924. The van der Waals surface area contributed by atoms with Gasteiger partial charge < -0.3 is 19.1 Å². The predicted octanol–water partition coefficient (Wildman–Crippen LogP) is 1.16. The van der Waals surface area contributed by atoms with Gasteiger partial charge in [0.2, 0.25) is 5.76 Å². The van der Waals surface area contributed by atoms with Crippen LogP contribution >= 0.6 is 0 Å². The summed E-state index contributed by atoms with van der Waals surface area (Å²) in [5.74, 6) is 0.574. The van der Waals surface area contributed by atoms with Crippen LogP contribution < -0.4 is 9.64 Å². The van der Waals surface area contributed by atoms with Gasteiger partial charge in [-0.25, -0.2) is 4.39 Å². The van der Waals surface area contributed by atoms with Crippen LogP contribution in [0.4, 0.5) is 10.2 Å². The van der Waals surface area contributed by atoms with Gasteiger partial charge >= 0.3 is 0 Å². The number of alkyl halides is 1. The summed E-state index contributed by atoms with van der Waals surface area (Å²) in [6, 6.07) is 4.77. The van der Waals surface area contributed by atoms with Crippen molar-refractivity contribution in [1.29, 1.82) is 0 Å². The number of carbonyl (C=O) groups excluding carboxylic acids is 1. The fourth-order valence-corrected chi connectivity index (χ4v) is 2.80. The molecular weight excluding hydrogens is 317 g/mol. The van der Waals surface area contributed by atoms with Gasteiger partial charge in [0, 0.05) is 26.2 Å². The van der Waals surface area contributed by atoms with Crippen molar-refractivity contribution in [3.8, 4) is 5.88 Å². The maximum Gasteiger partial charge on any atom is 0.292 e. The summed E-state index contributed by atoms with van der Waals surface area (Å²) in [7, 11) is 3.08. The van der Waals surface area contributed by atoms with E-state index in [4.69, 9.17) is 9.26 Å². The van der Waals surface area contributed by atoms with Crippen LogP contribution in [0.5, 0.6) is 5.88 Å². The van der Waals surface area contributed by atoms with Gasteiger partial charge in [-0.15, -0.1) is 5.10 Å². The molecule has 2 aromatic heterocycles. The van der Waals surface area contributed by atoms with E-state index >= 15 is 0 Å². The van der Waals surface area contributed by atoms with E-state index in [1.807, 2.05) is 4.90 Å². The van der Waals surface area contributed by atoms with Crippen LogP contribution in [0.15, 0.2) is 28.9 Å². The monoisotopic (exact) mass is 335 g/mol. The average molecular weight is 335 g/mol. The molecule has 1 amide bonds. The summed E-state index contributed by atoms with van der Waals surface area (Å²) < 4.78 is 23.8. The number of aromatic nitrogens is 3. The molecule has 9 heteroatoms. The minimum absolute atomic E-state index is 0.0789. The quantitative estimate of drug-likeness (QED) is 0.810. The Morgan fingerprint density at radius 2 is 2.42 bits per heavy atom. The third-order valence-corrected chi connectivity index (χ3v) is 3.96. The lowest BCUT2D eigenvalue weighted by Crippen LogP contribution is -2.41. The first-order valence-corrected chi connectivity index (χ1v) is 7.53. The second-order valence-corrected chi connectivity index (χ2v) is 5.64. The number of likely N-dealkylation sites (N-methyl/N-ethyl adjacent to an activating group) is 1. The highest BCUT2D eigenvalue weighted by molar-refractivity contribution is 5.91. The zero-order valence-corrected chi connectivity index (χ0v) is 13.4. The number of halogens is 1. The summed E-state index contributed by atoms with van der Waals surface area (Å²) >= 11 is 0. The lowest BCUT2D eigenvalue weighted by atomic mass is 10.2. The molecule has 1 fully saturated rings. The van der Waals surface area contributed by atoms with Gasteiger partial charge in [-0.3, -0.25) is 4.79 Å². The van der Waals surface area contributed by atoms with Crippen LogP contribution in [-0.4, -0.2) is 65.6 Å². The molecule has 0 spiro atoms. The fraction of sp³-hybridized carbons (Fsp3) is 0.467. The SMILES string of the molecule is COc1cc(C(=O)N(C)C[C@@H]2C[C@H](F)CN2c2cccnn2)on1. The Balaban J connectivity index is 1.70. The number of hydrogen-bond donors (Lipinski definition) is 0. The van der Waals surface area contributed by atoms with Crippen LogP contribution in [0.25, 0.3) is 0 Å². The van der Waals surface area contributed by atoms with Crippen LogP contribution in [0.3, 0.4) is 0 Å². The van der Waals surface area contributed by atoms with Gasteiger partial charge in [0.05, 0.1) is 25.8 Å². The molecule has 24 heavy (non-hydrogen) atoms. The first-order valence-electron chi connectivity index (χ1n) is 7.53. The molecule has 3 rings (SSSR count). The standard InChI is InChI=1S/C15H18FN5O3/c1-20(15(22)12-7-14(23-2)19-24-12)9-11-6-10(16)8-21(11)13-4-3-5-17-18-13/h3-5,7,10-11H,6,8-9H2,1-2H3/t10-,11-/m0/s1.